The van der Waals surface area contributed by atoms with Crippen molar-refractivity contribution in [2.24, 2.45) is 0 Å². The molecule has 5 nitrogen and oxygen atoms in total. The molecule has 1 aliphatic rings. The van der Waals surface area contributed by atoms with Crippen molar-refractivity contribution in [3.8, 4) is 28.4 Å². The molecule has 3 heterocycles. The van der Waals surface area contributed by atoms with E-state index in [4.69, 9.17) is 9.72 Å². The van der Waals surface area contributed by atoms with Crippen molar-refractivity contribution >= 4 is 38.9 Å². The average molecular weight is 897 g/mol. The Morgan fingerprint density at radius 3 is 2.22 bits per heavy atom. The van der Waals surface area contributed by atoms with Crippen LogP contribution in [0.2, 0.25) is 0 Å². The summed E-state index contributed by atoms with van der Waals surface area (Å²) in [7, 11) is 0. The first-order chi connectivity index (χ1) is 26.2. The molecule has 9 rings (SSSR count). The van der Waals surface area contributed by atoms with Gasteiger partial charge in [-0.05, 0) is 94.4 Å². The van der Waals surface area contributed by atoms with Crippen LogP contribution in [0.25, 0.3) is 38.8 Å². The maximum atomic E-state index is 6.56. The van der Waals surface area contributed by atoms with Crippen molar-refractivity contribution < 1.29 is 25.8 Å². The Morgan fingerprint density at radius 1 is 0.673 bits per heavy atom. The summed E-state index contributed by atoms with van der Waals surface area (Å²) in [6.07, 6.45) is 1.90. The first-order valence-corrected chi connectivity index (χ1v) is 18.5. The average Bonchev–Trinajstić information content (AvgIpc) is 3.69. The van der Waals surface area contributed by atoms with Crippen LogP contribution in [0.1, 0.15) is 43.0 Å². The molecule has 0 unspecified atom stereocenters. The van der Waals surface area contributed by atoms with Gasteiger partial charge in [0.25, 0.3) is 0 Å². The van der Waals surface area contributed by atoms with E-state index in [0.29, 0.717) is 11.5 Å². The summed E-state index contributed by atoms with van der Waals surface area (Å²) in [6, 6.07) is 54.0. The predicted octanol–water partition coefficient (Wildman–Crippen LogP) is 12.4. The largest absolute Gasteiger partial charge is 0.509 e. The standard InChI is InChI=1S/C49H41N4O.Pt/c1-33-25-46-47(26-34(33)2)52(32-51(46)31-35-13-11-16-37(27-35)36-14-7-6-8-15-36)39-17-12-18-40(29-39)54-41-21-22-43-42-19-9-10-20-44(42)53(45(43)30-41)48-28-38(23-24-50-48)49(3,4)5;/h6-28,32H,31H2,1-5H3;/q-3;. The molecule has 0 amide bonds. The second-order valence-corrected chi connectivity index (χ2v) is 15.2. The van der Waals surface area contributed by atoms with Gasteiger partial charge in [-0.3, -0.25) is 0 Å². The van der Waals surface area contributed by atoms with E-state index < -0.39 is 0 Å². The molecule has 276 valence electrons. The summed E-state index contributed by atoms with van der Waals surface area (Å²) in [4.78, 5) is 9.37. The molecule has 1 aliphatic heterocycles. The molecule has 2 aromatic heterocycles. The molecular weight excluding hydrogens is 856 g/mol. The Kier molecular flexibility index (Phi) is 9.61. The molecule has 8 aromatic rings. The van der Waals surface area contributed by atoms with E-state index >= 15 is 0 Å². The molecule has 0 bridgehead atoms. The van der Waals surface area contributed by atoms with Crippen LogP contribution in [0.4, 0.5) is 17.1 Å². The molecule has 6 aromatic carbocycles. The van der Waals surface area contributed by atoms with Gasteiger partial charge in [0.2, 0.25) is 0 Å². The summed E-state index contributed by atoms with van der Waals surface area (Å²) in [5, 5.41) is 2.25. The SMILES string of the molecule is Cc1cc2c(cc1C)N(c1[c-]c(Oc3[c-]c4c(cc3)c3ccccc3n4-c3cc(C(C)(C)C)ccn3)ccc1)[CH-]N2Cc1cccc(-c2ccccc2)c1.[Pt]. The molecule has 0 N–H and O–H groups in total. The van der Waals surface area contributed by atoms with Gasteiger partial charge in [-0.25, -0.2) is 4.98 Å². The molecule has 0 aliphatic carbocycles. The maximum absolute atomic E-state index is 6.56. The quantitative estimate of drug-likeness (QED) is 0.149. The fourth-order valence-electron chi connectivity index (χ4n) is 7.40. The Morgan fingerprint density at radius 2 is 1.40 bits per heavy atom. The van der Waals surface area contributed by atoms with Crippen molar-refractivity contribution in [3.05, 3.63) is 181 Å². The van der Waals surface area contributed by atoms with Gasteiger partial charge in [0.15, 0.2) is 0 Å². The predicted molar refractivity (Wildman–Crippen MR) is 222 cm³/mol. The monoisotopic (exact) mass is 896 g/mol. The van der Waals surface area contributed by atoms with E-state index in [0.717, 1.165) is 45.5 Å². The number of nitrogens with zero attached hydrogens (tertiary/aromatic N) is 4. The van der Waals surface area contributed by atoms with Crippen molar-refractivity contribution in [1.29, 1.82) is 0 Å². The number of hydrogen-bond acceptors (Lipinski definition) is 4. The van der Waals surface area contributed by atoms with Gasteiger partial charge in [-0.15, -0.1) is 41.4 Å². The summed E-state index contributed by atoms with van der Waals surface area (Å²) in [5.41, 5.74) is 12.6. The molecule has 0 saturated carbocycles. The van der Waals surface area contributed by atoms with E-state index in [2.05, 4.69) is 183 Å². The van der Waals surface area contributed by atoms with Gasteiger partial charge >= 0.3 is 0 Å². The van der Waals surface area contributed by atoms with Gasteiger partial charge in [0, 0.05) is 62.2 Å². The van der Waals surface area contributed by atoms with Crippen molar-refractivity contribution in [2.45, 2.75) is 46.6 Å². The number of aryl methyl sites for hydroxylation is 2. The number of fused-ring (bicyclic) bond motifs is 4. The van der Waals surface area contributed by atoms with Gasteiger partial charge in [0.1, 0.15) is 5.82 Å². The topological polar surface area (TPSA) is 33.5 Å². The zero-order chi connectivity index (χ0) is 37.0. The Hall–Kier alpha value is -5.64. The number of benzene rings is 6. The van der Waals surface area contributed by atoms with Crippen LogP contribution in [0.3, 0.4) is 0 Å². The van der Waals surface area contributed by atoms with Crippen LogP contribution in [-0.4, -0.2) is 9.55 Å². The third kappa shape index (κ3) is 6.94. The van der Waals surface area contributed by atoms with Crippen molar-refractivity contribution in [3.63, 3.8) is 0 Å². The van der Waals surface area contributed by atoms with Crippen LogP contribution in [0.15, 0.2) is 140 Å². The smallest absolute Gasteiger partial charge is 0.135 e. The van der Waals surface area contributed by atoms with E-state index in [1.807, 2.05) is 24.4 Å². The molecule has 55 heavy (non-hydrogen) atoms. The number of pyridine rings is 1. The van der Waals surface area contributed by atoms with Crippen LogP contribution >= 0.6 is 0 Å². The molecule has 6 heteroatoms. The molecule has 0 atom stereocenters. The van der Waals surface area contributed by atoms with Crippen molar-refractivity contribution in [1.82, 2.24) is 9.55 Å². The van der Waals surface area contributed by atoms with Crippen LogP contribution in [-0.2, 0) is 33.0 Å². The number of ether oxygens (including phenoxy) is 1. The third-order valence-corrected chi connectivity index (χ3v) is 10.4. The van der Waals surface area contributed by atoms with Gasteiger partial charge in [0.05, 0.1) is 0 Å². The van der Waals surface area contributed by atoms with E-state index in [1.165, 1.54) is 39.1 Å². The second-order valence-electron chi connectivity index (χ2n) is 15.2. The Balaban J connectivity index is 0.00000427. The molecule has 0 radical (unpaired) electrons. The van der Waals surface area contributed by atoms with E-state index in [9.17, 15) is 0 Å². The summed E-state index contributed by atoms with van der Waals surface area (Å²) >= 11 is 0. The van der Waals surface area contributed by atoms with Gasteiger partial charge < -0.3 is 19.1 Å². The van der Waals surface area contributed by atoms with Crippen molar-refractivity contribution in [2.75, 3.05) is 9.80 Å². The molecular formula is C49H41N4OPt-3. The summed E-state index contributed by atoms with van der Waals surface area (Å²) in [6.45, 7) is 13.9. The number of anilines is 3. The van der Waals surface area contributed by atoms with E-state index in [1.54, 1.807) is 0 Å². The Labute approximate surface area is 338 Å². The molecule has 0 fully saturated rings. The van der Waals surface area contributed by atoms with Crippen LogP contribution in [0, 0.1) is 32.6 Å². The van der Waals surface area contributed by atoms with Gasteiger partial charge in [-0.2, -0.15) is 18.8 Å². The first kappa shape index (κ1) is 36.3. The number of aromatic nitrogens is 2. The number of hydrogen-bond donors (Lipinski definition) is 0. The molecule has 0 saturated heterocycles. The molecule has 0 spiro atoms. The first-order valence-electron chi connectivity index (χ1n) is 18.5. The van der Waals surface area contributed by atoms with E-state index in [-0.39, 0.29) is 26.5 Å². The Bertz CT molecular complexity index is 2680. The van der Waals surface area contributed by atoms with Crippen LogP contribution in [0.5, 0.6) is 11.5 Å². The van der Waals surface area contributed by atoms with Crippen LogP contribution < -0.4 is 14.5 Å². The zero-order valence-corrected chi connectivity index (χ0v) is 33.8. The number of rotatable bonds is 7. The number of para-hydroxylation sites is 1. The fourth-order valence-corrected chi connectivity index (χ4v) is 7.40. The fraction of sp³-hybridized carbons (Fsp3) is 0.143. The normalized spacial score (nSPS) is 12.6. The third-order valence-electron chi connectivity index (χ3n) is 10.4. The minimum absolute atomic E-state index is 0. The summed E-state index contributed by atoms with van der Waals surface area (Å²) in [5.74, 6) is 2.09. The maximum Gasteiger partial charge on any atom is 0.135 e. The summed E-state index contributed by atoms with van der Waals surface area (Å²) < 4.78 is 8.75. The van der Waals surface area contributed by atoms with Gasteiger partial charge in [-0.1, -0.05) is 93.0 Å². The minimum atomic E-state index is -0.00935. The zero-order valence-electron chi connectivity index (χ0n) is 31.6. The second kappa shape index (κ2) is 14.5. The minimum Gasteiger partial charge on any atom is -0.509 e.